The number of fused-ring (bicyclic) bond motifs is 1. The van der Waals surface area contributed by atoms with Gasteiger partial charge in [0.05, 0.1) is 11.1 Å². The second-order valence-corrected chi connectivity index (χ2v) is 11.7. The summed E-state index contributed by atoms with van der Waals surface area (Å²) in [5.41, 5.74) is 3.75. The number of likely N-dealkylation sites (N-methyl/N-ethyl adjacent to an activating group) is 1. The molecular weight excluding hydrogens is 522 g/mol. The summed E-state index contributed by atoms with van der Waals surface area (Å²) in [6.07, 6.45) is 7.34. The van der Waals surface area contributed by atoms with Gasteiger partial charge in [-0.1, -0.05) is 45.0 Å². The van der Waals surface area contributed by atoms with Crippen LogP contribution in [-0.2, 0) is 25.6 Å². The maximum absolute atomic E-state index is 13.6. The third-order valence-corrected chi connectivity index (χ3v) is 7.55. The van der Waals surface area contributed by atoms with Gasteiger partial charge in [0, 0.05) is 25.2 Å². The first kappa shape index (κ1) is 31.7. The van der Waals surface area contributed by atoms with E-state index in [4.69, 9.17) is 0 Å². The molecule has 0 spiro atoms. The molecule has 1 aromatic heterocycles. The third kappa shape index (κ3) is 7.70. The lowest BCUT2D eigenvalue weighted by atomic mass is 9.89. The van der Waals surface area contributed by atoms with Crippen LogP contribution < -0.4 is 10.7 Å². The highest BCUT2D eigenvalue weighted by Crippen LogP contribution is 2.25. The number of carboxylic acids is 1. The molecule has 3 atom stereocenters. The van der Waals surface area contributed by atoms with Crippen LogP contribution in [0.2, 0.25) is 0 Å². The Morgan fingerprint density at radius 2 is 1.90 bits per heavy atom. The van der Waals surface area contributed by atoms with Gasteiger partial charge in [-0.05, 0) is 69.0 Å². The zero-order chi connectivity index (χ0) is 30.5. The molecule has 1 aromatic carbocycles. The van der Waals surface area contributed by atoms with Gasteiger partial charge >= 0.3 is 5.97 Å². The second kappa shape index (κ2) is 13.2. The van der Waals surface area contributed by atoms with Crippen molar-refractivity contribution in [3.63, 3.8) is 0 Å². The highest BCUT2D eigenvalue weighted by Gasteiger charge is 2.38. The number of hydrazine groups is 1. The van der Waals surface area contributed by atoms with Crippen molar-refractivity contribution >= 4 is 40.5 Å². The maximum Gasteiger partial charge on any atom is 0.322 e. The second-order valence-electron chi connectivity index (χ2n) is 11.7. The van der Waals surface area contributed by atoms with Gasteiger partial charge in [0.15, 0.2) is 0 Å². The van der Waals surface area contributed by atoms with E-state index in [2.05, 4.69) is 40.8 Å². The Morgan fingerprint density at radius 1 is 1.20 bits per heavy atom. The van der Waals surface area contributed by atoms with Crippen LogP contribution in [0.25, 0.3) is 16.8 Å². The van der Waals surface area contributed by atoms with E-state index < -0.39 is 41.3 Å². The molecule has 2 unspecified atom stereocenters. The van der Waals surface area contributed by atoms with Crippen molar-refractivity contribution in [2.75, 3.05) is 13.6 Å². The highest BCUT2D eigenvalue weighted by atomic mass is 16.4. The molecular formula is C31H43N5O5. The van der Waals surface area contributed by atoms with Crippen LogP contribution in [0.1, 0.15) is 65.6 Å². The Labute approximate surface area is 242 Å². The standard InChI is InChI=1S/C31H43N5O5/c1-8-21-11-12-22-18-32-24(17-23(22)16-21)13-14-31(5,6)30(41)35(7)26(19(2)3)27(37)33-20(4)28(38)36-15-9-10-25(34-36)29(39)40/h11-14,16-20,25-26,34H,8-10,15H2,1-7H3,(H,33,37)(H,39,40)/b14-13+/t20?,25-,26?/m0/s1. The SMILES string of the molecule is CCc1ccc2cnc(/C=C/C(C)(C)C(=O)N(C)C(C(=O)NC(C)C(=O)N3CCC[C@@H](C(=O)O)N3)C(C)C)cc2c1. The molecule has 3 rings (SSSR count). The summed E-state index contributed by atoms with van der Waals surface area (Å²) in [6, 6.07) is 5.70. The molecule has 41 heavy (non-hydrogen) atoms. The lowest BCUT2D eigenvalue weighted by Crippen LogP contribution is -2.61. The number of carbonyl (C=O) groups is 4. The number of benzene rings is 1. The number of nitrogens with one attached hydrogen (secondary N) is 2. The van der Waals surface area contributed by atoms with Gasteiger partial charge in [0.1, 0.15) is 18.1 Å². The van der Waals surface area contributed by atoms with Crippen LogP contribution in [0.4, 0.5) is 0 Å². The molecule has 10 nitrogen and oxygen atoms in total. The molecule has 10 heteroatoms. The Hall–Kier alpha value is -3.79. The number of aliphatic carboxylic acids is 1. The molecule has 0 radical (unpaired) electrons. The minimum absolute atomic E-state index is 0.231. The summed E-state index contributed by atoms with van der Waals surface area (Å²) in [7, 11) is 1.60. The van der Waals surface area contributed by atoms with Gasteiger partial charge in [0.2, 0.25) is 11.8 Å². The van der Waals surface area contributed by atoms with Crippen molar-refractivity contribution in [1.29, 1.82) is 0 Å². The molecule has 1 saturated heterocycles. The molecule has 1 fully saturated rings. The first-order valence-corrected chi connectivity index (χ1v) is 14.2. The first-order chi connectivity index (χ1) is 19.2. The van der Waals surface area contributed by atoms with E-state index in [1.54, 1.807) is 33.9 Å². The number of nitrogens with zero attached hydrogens (tertiary/aromatic N) is 3. The Morgan fingerprint density at radius 3 is 2.54 bits per heavy atom. The van der Waals surface area contributed by atoms with Crippen molar-refractivity contribution in [2.24, 2.45) is 11.3 Å². The van der Waals surface area contributed by atoms with E-state index in [0.29, 0.717) is 19.4 Å². The Kier molecular flexibility index (Phi) is 10.3. The van der Waals surface area contributed by atoms with Gasteiger partial charge in [-0.25, -0.2) is 5.43 Å². The smallest absolute Gasteiger partial charge is 0.322 e. The minimum Gasteiger partial charge on any atom is -0.480 e. The van der Waals surface area contributed by atoms with Crippen LogP contribution in [0.3, 0.4) is 0 Å². The molecule has 0 bridgehead atoms. The number of hydrogen-bond donors (Lipinski definition) is 3. The zero-order valence-electron chi connectivity index (χ0n) is 25.1. The molecule has 1 aliphatic rings. The van der Waals surface area contributed by atoms with Crippen LogP contribution in [0.5, 0.6) is 0 Å². The summed E-state index contributed by atoms with van der Waals surface area (Å²) in [5, 5.41) is 15.4. The summed E-state index contributed by atoms with van der Waals surface area (Å²) >= 11 is 0. The van der Waals surface area contributed by atoms with E-state index >= 15 is 0 Å². The summed E-state index contributed by atoms with van der Waals surface area (Å²) in [5.74, 6) is -2.40. The van der Waals surface area contributed by atoms with Crippen molar-refractivity contribution in [3.05, 3.63) is 47.8 Å². The number of rotatable bonds is 10. The molecule has 0 saturated carbocycles. The predicted octanol–water partition coefficient (Wildman–Crippen LogP) is 3.40. The van der Waals surface area contributed by atoms with Crippen molar-refractivity contribution in [2.45, 2.75) is 78.9 Å². The Balaban J connectivity index is 1.70. The van der Waals surface area contributed by atoms with Gasteiger partial charge < -0.3 is 15.3 Å². The van der Waals surface area contributed by atoms with Gasteiger partial charge in [-0.15, -0.1) is 0 Å². The predicted molar refractivity (Wildman–Crippen MR) is 158 cm³/mol. The van der Waals surface area contributed by atoms with Crippen molar-refractivity contribution in [3.8, 4) is 0 Å². The van der Waals surface area contributed by atoms with Crippen LogP contribution in [-0.4, -0.2) is 75.4 Å². The fourth-order valence-electron chi connectivity index (χ4n) is 5.11. The summed E-state index contributed by atoms with van der Waals surface area (Å²) in [6.45, 7) is 11.3. The normalized spacial score (nSPS) is 17.5. The van der Waals surface area contributed by atoms with Crippen molar-refractivity contribution < 1.29 is 24.3 Å². The fourth-order valence-corrected chi connectivity index (χ4v) is 5.11. The Bertz CT molecular complexity index is 1320. The molecule has 3 N–H and O–H groups in total. The minimum atomic E-state index is -1.03. The average molecular weight is 566 g/mol. The van der Waals surface area contributed by atoms with Gasteiger partial charge in [-0.2, -0.15) is 0 Å². The fraction of sp³-hybridized carbons (Fsp3) is 0.516. The number of carboxylic acid groups (broad SMARTS) is 1. The number of aromatic nitrogens is 1. The number of aryl methyl sites for hydroxylation is 1. The lowest BCUT2D eigenvalue weighted by molar-refractivity contribution is -0.149. The highest BCUT2D eigenvalue weighted by molar-refractivity contribution is 5.94. The van der Waals surface area contributed by atoms with E-state index in [0.717, 1.165) is 22.9 Å². The molecule has 3 amide bonds. The third-order valence-electron chi connectivity index (χ3n) is 7.55. The van der Waals surface area contributed by atoms with Crippen LogP contribution in [0.15, 0.2) is 36.5 Å². The summed E-state index contributed by atoms with van der Waals surface area (Å²) in [4.78, 5) is 57.2. The number of carbonyl (C=O) groups excluding carboxylic acids is 3. The van der Waals surface area contributed by atoms with E-state index in [9.17, 15) is 24.3 Å². The van der Waals surface area contributed by atoms with Gasteiger partial charge in [-0.3, -0.25) is 29.2 Å². The molecule has 2 heterocycles. The monoisotopic (exact) mass is 565 g/mol. The largest absolute Gasteiger partial charge is 0.480 e. The number of pyridine rings is 1. The van der Waals surface area contributed by atoms with Gasteiger partial charge in [0.25, 0.3) is 5.91 Å². The summed E-state index contributed by atoms with van der Waals surface area (Å²) < 4.78 is 0. The van der Waals surface area contributed by atoms with Crippen LogP contribution >= 0.6 is 0 Å². The first-order valence-electron chi connectivity index (χ1n) is 14.2. The quantitative estimate of drug-likeness (QED) is 0.402. The van der Waals surface area contributed by atoms with Crippen LogP contribution in [0, 0.1) is 11.3 Å². The lowest BCUT2D eigenvalue weighted by Gasteiger charge is -2.36. The molecule has 2 aromatic rings. The zero-order valence-corrected chi connectivity index (χ0v) is 25.1. The average Bonchev–Trinajstić information content (AvgIpc) is 2.94. The maximum atomic E-state index is 13.6. The number of amides is 3. The van der Waals surface area contributed by atoms with E-state index in [-0.39, 0.29) is 11.8 Å². The molecule has 222 valence electrons. The molecule has 0 aliphatic carbocycles. The van der Waals surface area contributed by atoms with E-state index in [1.807, 2.05) is 32.2 Å². The van der Waals surface area contributed by atoms with Crippen molar-refractivity contribution in [1.82, 2.24) is 25.6 Å². The molecule has 1 aliphatic heterocycles. The topological polar surface area (TPSA) is 132 Å². The van der Waals surface area contributed by atoms with E-state index in [1.165, 1.54) is 15.5 Å². The number of hydrogen-bond acceptors (Lipinski definition) is 6.